The summed E-state index contributed by atoms with van der Waals surface area (Å²) in [7, 11) is 0. The van der Waals surface area contributed by atoms with Gasteiger partial charge in [-0.25, -0.2) is 0 Å². The average Bonchev–Trinajstić information content (AvgIpc) is 2.37. The predicted octanol–water partition coefficient (Wildman–Crippen LogP) is -0.392. The number of anilines is 1. The standard InChI is InChI=1S/C11H11N5O4/c12-5-6-3-7(16(19)20)1-2-9(6)15-11(18)8(13)4-10(14)17/h1-3,8H,4,13H2,(H2,14,17)(H,15,18). The van der Waals surface area contributed by atoms with Gasteiger partial charge in [-0.05, 0) is 6.07 Å². The molecule has 0 saturated heterocycles. The van der Waals surface area contributed by atoms with Gasteiger partial charge in [0.1, 0.15) is 6.07 Å². The highest BCUT2D eigenvalue weighted by Gasteiger charge is 2.18. The van der Waals surface area contributed by atoms with Gasteiger partial charge in [0, 0.05) is 12.1 Å². The van der Waals surface area contributed by atoms with E-state index in [2.05, 4.69) is 5.32 Å². The fourth-order valence-corrected chi connectivity index (χ4v) is 1.38. The van der Waals surface area contributed by atoms with Crippen molar-refractivity contribution in [3.8, 4) is 6.07 Å². The van der Waals surface area contributed by atoms with Crippen molar-refractivity contribution in [2.45, 2.75) is 12.5 Å². The number of carbonyl (C=O) groups excluding carboxylic acids is 2. The molecule has 20 heavy (non-hydrogen) atoms. The van der Waals surface area contributed by atoms with E-state index in [0.29, 0.717) is 0 Å². The van der Waals surface area contributed by atoms with Crippen LogP contribution >= 0.6 is 0 Å². The van der Waals surface area contributed by atoms with Crippen LogP contribution < -0.4 is 16.8 Å². The lowest BCUT2D eigenvalue weighted by Gasteiger charge is -2.11. The average molecular weight is 277 g/mol. The van der Waals surface area contributed by atoms with Crippen LogP contribution in [0.1, 0.15) is 12.0 Å². The van der Waals surface area contributed by atoms with E-state index in [9.17, 15) is 19.7 Å². The van der Waals surface area contributed by atoms with Crippen molar-refractivity contribution in [3.05, 3.63) is 33.9 Å². The highest BCUT2D eigenvalue weighted by molar-refractivity contribution is 5.98. The van der Waals surface area contributed by atoms with Gasteiger partial charge in [-0.2, -0.15) is 5.26 Å². The fourth-order valence-electron chi connectivity index (χ4n) is 1.38. The van der Waals surface area contributed by atoms with Crippen molar-refractivity contribution < 1.29 is 14.5 Å². The van der Waals surface area contributed by atoms with Gasteiger partial charge < -0.3 is 16.8 Å². The summed E-state index contributed by atoms with van der Waals surface area (Å²) in [5.74, 6) is -1.45. The second-order valence-electron chi connectivity index (χ2n) is 3.86. The van der Waals surface area contributed by atoms with E-state index in [4.69, 9.17) is 16.7 Å². The molecule has 0 saturated carbocycles. The van der Waals surface area contributed by atoms with E-state index in [1.807, 2.05) is 0 Å². The minimum Gasteiger partial charge on any atom is -0.370 e. The Morgan fingerprint density at radius 1 is 1.50 bits per heavy atom. The molecule has 5 N–H and O–H groups in total. The van der Waals surface area contributed by atoms with Crippen LogP contribution in [0.15, 0.2) is 18.2 Å². The molecule has 0 aliphatic rings. The topological polar surface area (TPSA) is 165 Å². The quantitative estimate of drug-likeness (QED) is 0.489. The Labute approximate surface area is 113 Å². The fraction of sp³-hybridized carbons (Fsp3) is 0.182. The zero-order chi connectivity index (χ0) is 15.3. The molecule has 104 valence electrons. The van der Waals surface area contributed by atoms with Crippen molar-refractivity contribution in [2.24, 2.45) is 11.5 Å². The first-order chi connectivity index (χ1) is 9.35. The highest BCUT2D eigenvalue weighted by Crippen LogP contribution is 2.21. The Balaban J connectivity index is 2.93. The number of hydrogen-bond donors (Lipinski definition) is 3. The molecule has 1 rings (SSSR count). The number of nitro groups is 1. The Kier molecular flexibility index (Phi) is 4.71. The van der Waals surface area contributed by atoms with Gasteiger partial charge in [0.05, 0.1) is 28.6 Å². The summed E-state index contributed by atoms with van der Waals surface area (Å²) in [4.78, 5) is 32.2. The third-order valence-corrected chi connectivity index (χ3v) is 2.35. The lowest BCUT2D eigenvalue weighted by atomic mass is 10.1. The molecule has 0 radical (unpaired) electrons. The number of carbonyl (C=O) groups is 2. The summed E-state index contributed by atoms with van der Waals surface area (Å²) in [6.45, 7) is 0. The minimum absolute atomic E-state index is 0.0722. The lowest BCUT2D eigenvalue weighted by Crippen LogP contribution is -2.39. The first kappa shape index (κ1) is 15.1. The van der Waals surface area contributed by atoms with Crippen molar-refractivity contribution in [1.82, 2.24) is 0 Å². The highest BCUT2D eigenvalue weighted by atomic mass is 16.6. The summed E-state index contributed by atoms with van der Waals surface area (Å²) in [5.41, 5.74) is 10.1. The normalized spacial score (nSPS) is 11.2. The number of nitrogens with one attached hydrogen (secondary N) is 1. The molecule has 1 unspecified atom stereocenters. The van der Waals surface area contributed by atoms with Crippen molar-refractivity contribution in [3.63, 3.8) is 0 Å². The van der Waals surface area contributed by atoms with Gasteiger partial charge in [-0.3, -0.25) is 19.7 Å². The minimum atomic E-state index is -1.16. The van der Waals surface area contributed by atoms with Gasteiger partial charge in [-0.1, -0.05) is 0 Å². The third kappa shape index (κ3) is 3.76. The molecule has 9 heteroatoms. The molecule has 1 aromatic rings. The van der Waals surface area contributed by atoms with E-state index < -0.39 is 22.8 Å². The predicted molar refractivity (Wildman–Crippen MR) is 68.2 cm³/mol. The Morgan fingerprint density at radius 3 is 2.65 bits per heavy atom. The zero-order valence-electron chi connectivity index (χ0n) is 10.2. The van der Waals surface area contributed by atoms with Crippen LogP contribution in [-0.2, 0) is 9.59 Å². The maximum absolute atomic E-state index is 11.6. The first-order valence-electron chi connectivity index (χ1n) is 5.38. The first-order valence-corrected chi connectivity index (χ1v) is 5.38. The maximum atomic E-state index is 11.6. The molecular weight excluding hydrogens is 266 g/mol. The Bertz CT molecular complexity index is 607. The molecule has 0 aromatic heterocycles. The molecule has 9 nitrogen and oxygen atoms in total. The molecule has 0 aliphatic heterocycles. The molecule has 0 fully saturated rings. The van der Waals surface area contributed by atoms with Crippen LogP contribution in [0.25, 0.3) is 0 Å². The third-order valence-electron chi connectivity index (χ3n) is 2.35. The number of nitrogens with two attached hydrogens (primary N) is 2. The van der Waals surface area contributed by atoms with Gasteiger partial charge >= 0.3 is 0 Å². The van der Waals surface area contributed by atoms with Gasteiger partial charge in [0.2, 0.25) is 11.8 Å². The number of amides is 2. The van der Waals surface area contributed by atoms with E-state index in [-0.39, 0.29) is 23.4 Å². The number of nitro benzene ring substituents is 1. The van der Waals surface area contributed by atoms with Crippen molar-refractivity contribution >= 4 is 23.2 Å². The maximum Gasteiger partial charge on any atom is 0.270 e. The van der Waals surface area contributed by atoms with E-state index in [1.54, 1.807) is 6.07 Å². The number of benzene rings is 1. The Hall–Kier alpha value is -2.99. The van der Waals surface area contributed by atoms with Crippen LogP contribution in [0.5, 0.6) is 0 Å². The van der Waals surface area contributed by atoms with Crippen LogP contribution in [0.2, 0.25) is 0 Å². The van der Waals surface area contributed by atoms with Crippen LogP contribution in [0, 0.1) is 21.4 Å². The number of primary amides is 1. The molecule has 1 aromatic carbocycles. The number of hydrogen-bond acceptors (Lipinski definition) is 6. The van der Waals surface area contributed by atoms with Gasteiger partial charge in [-0.15, -0.1) is 0 Å². The van der Waals surface area contributed by atoms with Gasteiger partial charge in [0.15, 0.2) is 0 Å². The molecule has 2 amide bonds. The monoisotopic (exact) mass is 277 g/mol. The smallest absolute Gasteiger partial charge is 0.270 e. The van der Waals surface area contributed by atoms with E-state index in [0.717, 1.165) is 12.1 Å². The van der Waals surface area contributed by atoms with Crippen molar-refractivity contribution in [2.75, 3.05) is 5.32 Å². The molecular formula is C11H11N5O4. The second-order valence-corrected chi connectivity index (χ2v) is 3.86. The molecule has 1 atom stereocenters. The van der Waals surface area contributed by atoms with Gasteiger partial charge in [0.25, 0.3) is 5.69 Å². The summed E-state index contributed by atoms with van der Waals surface area (Å²) < 4.78 is 0. The van der Waals surface area contributed by atoms with Crippen molar-refractivity contribution in [1.29, 1.82) is 5.26 Å². The molecule has 0 heterocycles. The number of non-ortho nitro benzene ring substituents is 1. The largest absolute Gasteiger partial charge is 0.370 e. The Morgan fingerprint density at radius 2 is 2.15 bits per heavy atom. The van der Waals surface area contributed by atoms with Crippen LogP contribution in [0.3, 0.4) is 0 Å². The number of nitrogens with zero attached hydrogens (tertiary/aromatic N) is 2. The SMILES string of the molecule is N#Cc1cc([N+](=O)[O-])ccc1NC(=O)C(N)CC(N)=O. The molecule has 0 spiro atoms. The lowest BCUT2D eigenvalue weighted by molar-refractivity contribution is -0.384. The number of rotatable bonds is 5. The molecule has 0 bridgehead atoms. The van der Waals surface area contributed by atoms with E-state index >= 15 is 0 Å². The van der Waals surface area contributed by atoms with Crippen LogP contribution in [-0.4, -0.2) is 22.8 Å². The summed E-state index contributed by atoms with van der Waals surface area (Å²) in [6.07, 6.45) is -0.347. The zero-order valence-corrected chi connectivity index (χ0v) is 10.2. The summed E-state index contributed by atoms with van der Waals surface area (Å²) in [6, 6.07) is 3.94. The van der Waals surface area contributed by atoms with E-state index in [1.165, 1.54) is 6.07 Å². The number of nitriles is 1. The summed E-state index contributed by atoms with van der Waals surface area (Å²) in [5, 5.41) is 21.8. The second kappa shape index (κ2) is 6.26. The van der Waals surface area contributed by atoms with Crippen LogP contribution in [0.4, 0.5) is 11.4 Å². The molecule has 0 aliphatic carbocycles. The summed E-state index contributed by atoms with van der Waals surface area (Å²) >= 11 is 0.